The molecule has 2 aliphatic rings. The average Bonchev–Trinajstić information content (AvgIpc) is 2.48. The normalized spacial score (nSPS) is 25.6. The second-order valence-corrected chi connectivity index (χ2v) is 6.71. The summed E-state index contributed by atoms with van der Waals surface area (Å²) in [6, 6.07) is 0.574. The van der Waals surface area contributed by atoms with Crippen molar-refractivity contribution in [2.45, 2.75) is 51.0 Å². The number of nitrogens with zero attached hydrogens (tertiary/aromatic N) is 2. The topological polar surface area (TPSA) is 35.6 Å². The van der Waals surface area contributed by atoms with Crippen molar-refractivity contribution >= 4 is 5.91 Å². The molecule has 1 atom stereocenters. The van der Waals surface area contributed by atoms with E-state index in [0.717, 1.165) is 19.5 Å². The second-order valence-electron chi connectivity index (χ2n) is 6.71. The van der Waals surface area contributed by atoms with Crippen LogP contribution in [0.2, 0.25) is 0 Å². The van der Waals surface area contributed by atoms with E-state index in [-0.39, 0.29) is 0 Å². The van der Waals surface area contributed by atoms with Crippen LogP contribution in [0.4, 0.5) is 0 Å². The first-order valence-electron chi connectivity index (χ1n) is 8.31. The highest BCUT2D eigenvalue weighted by atomic mass is 16.2. The first-order valence-corrected chi connectivity index (χ1v) is 8.31. The summed E-state index contributed by atoms with van der Waals surface area (Å²) in [4.78, 5) is 16.6. The van der Waals surface area contributed by atoms with E-state index in [2.05, 4.69) is 17.3 Å². The monoisotopic (exact) mass is 281 g/mol. The Labute approximate surface area is 123 Å². The molecule has 2 fully saturated rings. The standard InChI is InChI=1S/C16H31N3O/c1-18-11-8-14(9-12-18)13-19(2)16(20)7-6-15-5-3-4-10-17-15/h14-15,17H,3-13H2,1-2H3. The van der Waals surface area contributed by atoms with Crippen LogP contribution in [0.5, 0.6) is 0 Å². The number of piperidine rings is 2. The van der Waals surface area contributed by atoms with Gasteiger partial charge in [-0.1, -0.05) is 6.42 Å². The molecule has 2 aliphatic heterocycles. The molecule has 1 N–H and O–H groups in total. The molecule has 116 valence electrons. The van der Waals surface area contributed by atoms with Gasteiger partial charge in [-0.25, -0.2) is 0 Å². The van der Waals surface area contributed by atoms with Crippen molar-refractivity contribution in [3.63, 3.8) is 0 Å². The summed E-state index contributed by atoms with van der Waals surface area (Å²) in [5.41, 5.74) is 0. The fraction of sp³-hybridized carbons (Fsp3) is 0.938. The van der Waals surface area contributed by atoms with Gasteiger partial charge in [0.2, 0.25) is 5.91 Å². The minimum atomic E-state index is 0.330. The van der Waals surface area contributed by atoms with Gasteiger partial charge in [0.15, 0.2) is 0 Å². The molecule has 0 aromatic heterocycles. The van der Waals surface area contributed by atoms with Gasteiger partial charge < -0.3 is 15.1 Å². The molecule has 2 heterocycles. The van der Waals surface area contributed by atoms with Gasteiger partial charge >= 0.3 is 0 Å². The number of amides is 1. The lowest BCUT2D eigenvalue weighted by atomic mass is 9.96. The van der Waals surface area contributed by atoms with Crippen LogP contribution in [0, 0.1) is 5.92 Å². The molecule has 0 aliphatic carbocycles. The Bertz CT molecular complexity index is 294. The van der Waals surface area contributed by atoms with E-state index in [1.807, 2.05) is 11.9 Å². The van der Waals surface area contributed by atoms with Gasteiger partial charge in [-0.2, -0.15) is 0 Å². The quantitative estimate of drug-likeness (QED) is 0.833. The zero-order valence-corrected chi connectivity index (χ0v) is 13.2. The number of hydrogen-bond acceptors (Lipinski definition) is 3. The van der Waals surface area contributed by atoms with Crippen LogP contribution < -0.4 is 5.32 Å². The lowest BCUT2D eigenvalue weighted by Gasteiger charge is -2.32. The third-order valence-corrected chi connectivity index (χ3v) is 4.91. The van der Waals surface area contributed by atoms with Crippen molar-refractivity contribution < 1.29 is 4.79 Å². The van der Waals surface area contributed by atoms with Gasteiger partial charge in [0.25, 0.3) is 0 Å². The largest absolute Gasteiger partial charge is 0.345 e. The molecule has 0 radical (unpaired) electrons. The van der Waals surface area contributed by atoms with Crippen LogP contribution in [-0.2, 0) is 4.79 Å². The minimum Gasteiger partial charge on any atom is -0.345 e. The van der Waals surface area contributed by atoms with Crippen molar-refractivity contribution in [2.75, 3.05) is 40.3 Å². The Kier molecular flexibility index (Phi) is 6.30. The molecular weight excluding hydrogens is 250 g/mol. The molecule has 0 spiro atoms. The van der Waals surface area contributed by atoms with Gasteiger partial charge in [0.1, 0.15) is 0 Å². The molecule has 1 amide bonds. The summed E-state index contributed by atoms with van der Waals surface area (Å²) in [7, 11) is 4.16. The highest BCUT2D eigenvalue weighted by molar-refractivity contribution is 5.75. The number of likely N-dealkylation sites (tertiary alicyclic amines) is 1. The Morgan fingerprint density at radius 1 is 1.25 bits per heavy atom. The summed E-state index contributed by atoms with van der Waals surface area (Å²) in [6.07, 6.45) is 8.04. The first-order chi connectivity index (χ1) is 9.65. The smallest absolute Gasteiger partial charge is 0.222 e. The maximum atomic E-state index is 12.2. The summed E-state index contributed by atoms with van der Waals surface area (Å²) >= 11 is 0. The van der Waals surface area contributed by atoms with E-state index in [0.29, 0.717) is 24.3 Å². The van der Waals surface area contributed by atoms with Gasteiger partial charge in [-0.15, -0.1) is 0 Å². The summed E-state index contributed by atoms with van der Waals surface area (Å²) in [6.45, 7) is 4.44. The van der Waals surface area contributed by atoms with Crippen LogP contribution in [-0.4, -0.2) is 62.0 Å². The molecule has 1 unspecified atom stereocenters. The van der Waals surface area contributed by atoms with Gasteiger partial charge in [-0.3, -0.25) is 4.79 Å². The van der Waals surface area contributed by atoms with Gasteiger partial charge in [0, 0.05) is 26.1 Å². The van der Waals surface area contributed by atoms with E-state index in [4.69, 9.17) is 0 Å². The van der Waals surface area contributed by atoms with Crippen molar-refractivity contribution in [1.82, 2.24) is 15.1 Å². The number of nitrogens with one attached hydrogen (secondary N) is 1. The molecule has 4 nitrogen and oxygen atoms in total. The number of rotatable bonds is 5. The summed E-state index contributed by atoms with van der Waals surface area (Å²) in [5.74, 6) is 1.03. The average molecular weight is 281 g/mol. The van der Waals surface area contributed by atoms with Gasteiger partial charge in [0.05, 0.1) is 0 Å². The van der Waals surface area contributed by atoms with E-state index in [1.165, 1.54) is 45.2 Å². The zero-order chi connectivity index (χ0) is 14.4. The summed E-state index contributed by atoms with van der Waals surface area (Å²) < 4.78 is 0. The zero-order valence-electron chi connectivity index (χ0n) is 13.2. The molecule has 0 aromatic rings. The Balaban J connectivity index is 1.63. The molecule has 0 bridgehead atoms. The molecule has 2 rings (SSSR count). The highest BCUT2D eigenvalue weighted by Crippen LogP contribution is 2.18. The summed E-state index contributed by atoms with van der Waals surface area (Å²) in [5, 5.41) is 3.52. The van der Waals surface area contributed by atoms with Crippen LogP contribution >= 0.6 is 0 Å². The molecule has 2 saturated heterocycles. The Morgan fingerprint density at radius 2 is 2.00 bits per heavy atom. The van der Waals surface area contributed by atoms with E-state index >= 15 is 0 Å². The van der Waals surface area contributed by atoms with Crippen LogP contribution in [0.1, 0.15) is 44.9 Å². The predicted molar refractivity (Wildman–Crippen MR) is 82.7 cm³/mol. The molecule has 0 saturated carbocycles. The fourth-order valence-corrected chi connectivity index (χ4v) is 3.39. The minimum absolute atomic E-state index is 0.330. The van der Waals surface area contributed by atoms with Crippen molar-refractivity contribution in [1.29, 1.82) is 0 Å². The lowest BCUT2D eigenvalue weighted by molar-refractivity contribution is -0.130. The molecule has 0 aromatic carbocycles. The Morgan fingerprint density at radius 3 is 2.65 bits per heavy atom. The lowest BCUT2D eigenvalue weighted by Crippen LogP contribution is -2.39. The maximum Gasteiger partial charge on any atom is 0.222 e. The fourth-order valence-electron chi connectivity index (χ4n) is 3.39. The predicted octanol–water partition coefficient (Wildman–Crippen LogP) is 1.71. The van der Waals surface area contributed by atoms with E-state index in [9.17, 15) is 4.79 Å². The Hall–Kier alpha value is -0.610. The third-order valence-electron chi connectivity index (χ3n) is 4.91. The highest BCUT2D eigenvalue weighted by Gasteiger charge is 2.21. The maximum absolute atomic E-state index is 12.2. The van der Waals surface area contributed by atoms with Crippen molar-refractivity contribution in [3.05, 3.63) is 0 Å². The SMILES string of the molecule is CN1CCC(CN(C)C(=O)CCC2CCCCN2)CC1. The van der Waals surface area contributed by atoms with Crippen molar-refractivity contribution in [3.8, 4) is 0 Å². The molecule has 20 heavy (non-hydrogen) atoms. The number of carbonyl (C=O) groups is 1. The van der Waals surface area contributed by atoms with Crippen molar-refractivity contribution in [2.24, 2.45) is 5.92 Å². The number of hydrogen-bond donors (Lipinski definition) is 1. The van der Waals surface area contributed by atoms with Crippen LogP contribution in [0.25, 0.3) is 0 Å². The molecular formula is C16H31N3O. The molecule has 4 heteroatoms. The second kappa shape index (κ2) is 7.99. The first kappa shape index (κ1) is 15.8. The third kappa shape index (κ3) is 5.06. The number of carbonyl (C=O) groups excluding carboxylic acids is 1. The van der Waals surface area contributed by atoms with E-state index in [1.54, 1.807) is 0 Å². The van der Waals surface area contributed by atoms with Crippen LogP contribution in [0.3, 0.4) is 0 Å². The van der Waals surface area contributed by atoms with Crippen LogP contribution in [0.15, 0.2) is 0 Å². The van der Waals surface area contributed by atoms with E-state index < -0.39 is 0 Å². The van der Waals surface area contributed by atoms with Gasteiger partial charge in [-0.05, 0) is 64.7 Å².